The minimum absolute atomic E-state index is 0.303. The maximum Gasteiger partial charge on any atom is 0.222 e. The van der Waals surface area contributed by atoms with Crippen LogP contribution in [0.5, 0.6) is 0 Å². The van der Waals surface area contributed by atoms with Gasteiger partial charge in [0.05, 0.1) is 12.2 Å². The zero-order chi connectivity index (χ0) is 11.4. The summed E-state index contributed by atoms with van der Waals surface area (Å²) in [5.41, 5.74) is 5.42. The van der Waals surface area contributed by atoms with Crippen LogP contribution in [-0.4, -0.2) is 42.6 Å². The molecule has 0 aromatic rings. The molecule has 4 heteroatoms. The molecule has 0 aromatic heterocycles. The molecule has 2 heterocycles. The van der Waals surface area contributed by atoms with Crippen LogP contribution in [0.1, 0.15) is 38.5 Å². The summed E-state index contributed by atoms with van der Waals surface area (Å²) in [7, 11) is 0. The van der Waals surface area contributed by atoms with E-state index in [4.69, 9.17) is 10.5 Å². The Bertz CT molecular complexity index is 233. The number of unbranched alkanes of at least 4 members (excludes halogenated alkanes) is 2. The van der Waals surface area contributed by atoms with E-state index in [0.717, 1.165) is 51.7 Å². The molecule has 2 atom stereocenters. The number of hydrogen-bond donors (Lipinski definition) is 1. The third-order valence-corrected chi connectivity index (χ3v) is 3.49. The molecule has 2 rings (SSSR count). The Morgan fingerprint density at radius 1 is 1.19 bits per heavy atom. The largest absolute Gasteiger partial charge is 0.371 e. The molecule has 0 aromatic carbocycles. The monoisotopic (exact) mass is 226 g/mol. The van der Waals surface area contributed by atoms with Crippen LogP contribution >= 0.6 is 0 Å². The Morgan fingerprint density at radius 2 is 1.88 bits per heavy atom. The smallest absolute Gasteiger partial charge is 0.222 e. The number of ether oxygens (including phenoxy) is 1. The van der Waals surface area contributed by atoms with E-state index in [1.807, 2.05) is 4.90 Å². The summed E-state index contributed by atoms with van der Waals surface area (Å²) in [5.74, 6) is 0.303. The summed E-state index contributed by atoms with van der Waals surface area (Å²) in [6.07, 6.45) is 6.63. The van der Waals surface area contributed by atoms with Gasteiger partial charge in [0.1, 0.15) is 0 Å². The first-order valence-corrected chi connectivity index (χ1v) is 6.43. The molecule has 1 amide bonds. The van der Waals surface area contributed by atoms with Crippen molar-refractivity contribution in [3.63, 3.8) is 0 Å². The Morgan fingerprint density at radius 3 is 2.50 bits per heavy atom. The molecule has 0 radical (unpaired) electrons. The van der Waals surface area contributed by atoms with E-state index in [9.17, 15) is 4.79 Å². The zero-order valence-corrected chi connectivity index (χ0v) is 9.86. The van der Waals surface area contributed by atoms with Crippen molar-refractivity contribution in [2.45, 2.75) is 50.7 Å². The molecule has 0 aliphatic carbocycles. The molecule has 2 aliphatic heterocycles. The molecule has 2 fully saturated rings. The van der Waals surface area contributed by atoms with Gasteiger partial charge in [-0.05, 0) is 32.2 Å². The maximum atomic E-state index is 11.9. The van der Waals surface area contributed by atoms with Crippen molar-refractivity contribution < 1.29 is 9.53 Å². The van der Waals surface area contributed by atoms with Crippen LogP contribution in [0, 0.1) is 0 Å². The van der Waals surface area contributed by atoms with Crippen LogP contribution in [0.3, 0.4) is 0 Å². The van der Waals surface area contributed by atoms with Gasteiger partial charge < -0.3 is 15.4 Å². The quantitative estimate of drug-likeness (QED) is 0.708. The second-order valence-corrected chi connectivity index (χ2v) is 4.86. The first-order valence-electron chi connectivity index (χ1n) is 6.43. The molecular weight excluding hydrogens is 204 g/mol. The first kappa shape index (κ1) is 11.9. The Kier molecular flexibility index (Phi) is 4.18. The lowest BCUT2D eigenvalue weighted by atomic mass is 10.1. The molecule has 0 spiro atoms. The summed E-state index contributed by atoms with van der Waals surface area (Å²) in [4.78, 5) is 13.9. The third kappa shape index (κ3) is 2.95. The maximum absolute atomic E-state index is 11.9. The molecule has 2 saturated heterocycles. The molecule has 2 unspecified atom stereocenters. The highest BCUT2D eigenvalue weighted by atomic mass is 16.5. The van der Waals surface area contributed by atoms with Crippen molar-refractivity contribution in [2.24, 2.45) is 5.73 Å². The van der Waals surface area contributed by atoms with Gasteiger partial charge in [-0.25, -0.2) is 0 Å². The van der Waals surface area contributed by atoms with E-state index in [2.05, 4.69) is 0 Å². The van der Waals surface area contributed by atoms with Crippen LogP contribution < -0.4 is 5.73 Å². The van der Waals surface area contributed by atoms with Gasteiger partial charge in [-0.15, -0.1) is 0 Å². The molecule has 2 bridgehead atoms. The van der Waals surface area contributed by atoms with E-state index in [0.29, 0.717) is 24.5 Å². The molecule has 2 N–H and O–H groups in total. The lowest BCUT2D eigenvalue weighted by Crippen LogP contribution is -2.45. The minimum atomic E-state index is 0.303. The van der Waals surface area contributed by atoms with Gasteiger partial charge in [-0.1, -0.05) is 6.42 Å². The minimum Gasteiger partial charge on any atom is -0.371 e. The SMILES string of the molecule is NCCCCCC(=O)N1CC2CCC(C1)O2. The Labute approximate surface area is 97.1 Å². The average Bonchev–Trinajstić information content (AvgIpc) is 2.63. The number of morpholine rings is 1. The van der Waals surface area contributed by atoms with Crippen molar-refractivity contribution >= 4 is 5.91 Å². The summed E-state index contributed by atoms with van der Waals surface area (Å²) in [6, 6.07) is 0. The summed E-state index contributed by atoms with van der Waals surface area (Å²) in [6.45, 7) is 2.36. The summed E-state index contributed by atoms with van der Waals surface area (Å²) in [5, 5.41) is 0. The Hall–Kier alpha value is -0.610. The van der Waals surface area contributed by atoms with Gasteiger partial charge in [0.25, 0.3) is 0 Å². The van der Waals surface area contributed by atoms with Crippen LogP contribution in [0.15, 0.2) is 0 Å². The number of carbonyl (C=O) groups excluding carboxylic acids is 1. The van der Waals surface area contributed by atoms with E-state index in [1.165, 1.54) is 0 Å². The number of rotatable bonds is 5. The zero-order valence-electron chi connectivity index (χ0n) is 9.86. The van der Waals surface area contributed by atoms with Crippen molar-refractivity contribution in [1.29, 1.82) is 0 Å². The van der Waals surface area contributed by atoms with E-state index >= 15 is 0 Å². The highest BCUT2D eigenvalue weighted by Gasteiger charge is 2.35. The number of carbonyl (C=O) groups is 1. The van der Waals surface area contributed by atoms with Gasteiger partial charge in [0.15, 0.2) is 0 Å². The fourth-order valence-corrected chi connectivity index (χ4v) is 2.57. The molecule has 4 nitrogen and oxygen atoms in total. The fraction of sp³-hybridized carbons (Fsp3) is 0.917. The van der Waals surface area contributed by atoms with Crippen LogP contribution in [0.2, 0.25) is 0 Å². The number of nitrogens with two attached hydrogens (primary N) is 1. The van der Waals surface area contributed by atoms with E-state index < -0.39 is 0 Å². The second-order valence-electron chi connectivity index (χ2n) is 4.86. The van der Waals surface area contributed by atoms with E-state index in [-0.39, 0.29) is 0 Å². The number of amides is 1. The topological polar surface area (TPSA) is 55.6 Å². The Balaban J connectivity index is 1.69. The number of likely N-dealkylation sites (tertiary alicyclic amines) is 1. The first-order chi connectivity index (χ1) is 7.79. The van der Waals surface area contributed by atoms with Gasteiger partial charge in [-0.3, -0.25) is 4.79 Å². The number of hydrogen-bond acceptors (Lipinski definition) is 3. The van der Waals surface area contributed by atoms with Crippen molar-refractivity contribution in [1.82, 2.24) is 4.90 Å². The molecule has 92 valence electrons. The highest BCUT2D eigenvalue weighted by Crippen LogP contribution is 2.26. The van der Waals surface area contributed by atoms with E-state index in [1.54, 1.807) is 0 Å². The second kappa shape index (κ2) is 5.64. The number of nitrogens with zero attached hydrogens (tertiary/aromatic N) is 1. The number of fused-ring (bicyclic) bond motifs is 2. The van der Waals surface area contributed by atoms with Crippen molar-refractivity contribution in [3.05, 3.63) is 0 Å². The van der Waals surface area contributed by atoms with Crippen LogP contribution in [0.25, 0.3) is 0 Å². The lowest BCUT2D eigenvalue weighted by molar-refractivity contribution is -0.139. The van der Waals surface area contributed by atoms with Crippen molar-refractivity contribution in [3.8, 4) is 0 Å². The van der Waals surface area contributed by atoms with Gasteiger partial charge in [-0.2, -0.15) is 0 Å². The van der Waals surface area contributed by atoms with Crippen molar-refractivity contribution in [2.75, 3.05) is 19.6 Å². The molecule has 2 aliphatic rings. The normalized spacial score (nSPS) is 28.4. The van der Waals surface area contributed by atoms with Crippen LogP contribution in [0.4, 0.5) is 0 Å². The average molecular weight is 226 g/mol. The predicted molar refractivity (Wildman–Crippen MR) is 62.0 cm³/mol. The fourth-order valence-electron chi connectivity index (χ4n) is 2.57. The molecule has 16 heavy (non-hydrogen) atoms. The molecule has 0 saturated carbocycles. The van der Waals surface area contributed by atoms with Gasteiger partial charge in [0, 0.05) is 19.5 Å². The van der Waals surface area contributed by atoms with Gasteiger partial charge >= 0.3 is 0 Å². The summed E-state index contributed by atoms with van der Waals surface area (Å²) >= 11 is 0. The summed E-state index contributed by atoms with van der Waals surface area (Å²) < 4.78 is 5.71. The van der Waals surface area contributed by atoms with Gasteiger partial charge in [0.2, 0.25) is 5.91 Å². The molecular formula is C12H22N2O2. The predicted octanol–water partition coefficient (Wildman–Crippen LogP) is 0.895. The lowest BCUT2D eigenvalue weighted by Gasteiger charge is -2.32. The standard InChI is InChI=1S/C12H22N2O2/c13-7-3-1-2-4-12(15)14-8-10-5-6-11(9-14)16-10/h10-11H,1-9,13H2. The van der Waals surface area contributed by atoms with Crippen LogP contribution in [-0.2, 0) is 9.53 Å². The third-order valence-electron chi connectivity index (χ3n) is 3.49. The highest BCUT2D eigenvalue weighted by molar-refractivity contribution is 5.76.